The second-order valence-electron chi connectivity index (χ2n) is 6.57. The van der Waals surface area contributed by atoms with Crippen LogP contribution >= 0.6 is 0 Å². The number of nitro groups is 1. The number of nitrogens with zero attached hydrogens (tertiary/aromatic N) is 6. The van der Waals surface area contributed by atoms with Crippen molar-refractivity contribution < 1.29 is 14.1 Å². The maximum Gasteiger partial charge on any atom is 0.269 e. The number of rotatable bonds is 6. The number of hydrogen-bond acceptors (Lipinski definition) is 6. The summed E-state index contributed by atoms with van der Waals surface area (Å²) in [5.74, 6) is 0.236. The number of aryl methyl sites for hydroxylation is 1. The van der Waals surface area contributed by atoms with Crippen LogP contribution in [0.5, 0.6) is 5.75 Å². The molecule has 3 aromatic heterocycles. The van der Waals surface area contributed by atoms with Crippen molar-refractivity contribution in [1.29, 1.82) is 5.26 Å². The van der Waals surface area contributed by atoms with Crippen LogP contribution in [0.3, 0.4) is 0 Å². The minimum absolute atomic E-state index is 0.161. The van der Waals surface area contributed by atoms with Gasteiger partial charge in [0.25, 0.3) is 5.69 Å². The van der Waals surface area contributed by atoms with Gasteiger partial charge in [-0.15, -0.1) is 0 Å². The molecule has 150 valence electrons. The van der Waals surface area contributed by atoms with Gasteiger partial charge in [0.05, 0.1) is 17.3 Å². The summed E-state index contributed by atoms with van der Waals surface area (Å²) in [6, 6.07) is 9.35. The number of halogens is 1. The maximum atomic E-state index is 13.9. The van der Waals surface area contributed by atoms with Crippen molar-refractivity contribution in [2.75, 3.05) is 6.67 Å². The molecule has 0 aliphatic rings. The molecule has 1 atom stereocenters. The predicted octanol–water partition coefficient (Wildman–Crippen LogP) is 3.60. The van der Waals surface area contributed by atoms with Crippen molar-refractivity contribution in [2.45, 2.75) is 6.10 Å². The fraction of sp³-hybridized carbons (Fsp3) is 0.150. The first-order chi connectivity index (χ1) is 14.5. The highest BCUT2D eigenvalue weighted by Crippen LogP contribution is 2.33. The van der Waals surface area contributed by atoms with Crippen LogP contribution in [0.15, 0.2) is 55.1 Å². The third-order valence-electron chi connectivity index (χ3n) is 4.60. The van der Waals surface area contributed by atoms with E-state index in [1.54, 1.807) is 42.5 Å². The zero-order valence-electron chi connectivity index (χ0n) is 15.8. The van der Waals surface area contributed by atoms with E-state index in [0.29, 0.717) is 16.6 Å². The lowest BCUT2D eigenvalue weighted by atomic mass is 10.1. The molecule has 0 unspecified atom stereocenters. The fourth-order valence-corrected chi connectivity index (χ4v) is 3.16. The molecule has 0 N–H and O–H groups in total. The SMILES string of the molecule is Cn1cc(-c2cc(O[C@H](CF)c3cccc([N+](=O)[O-])c3)c3c(C#N)cnn3c2)cn1. The Balaban J connectivity index is 1.82. The van der Waals surface area contributed by atoms with E-state index in [4.69, 9.17) is 4.74 Å². The van der Waals surface area contributed by atoms with Crippen molar-refractivity contribution in [1.82, 2.24) is 19.4 Å². The first kappa shape index (κ1) is 19.1. The molecule has 30 heavy (non-hydrogen) atoms. The number of nitriles is 1. The Bertz CT molecular complexity index is 1290. The highest BCUT2D eigenvalue weighted by Gasteiger charge is 2.21. The van der Waals surface area contributed by atoms with E-state index in [1.807, 2.05) is 6.07 Å². The molecule has 0 radical (unpaired) electrons. The number of non-ortho nitro benzene ring substituents is 1. The molecule has 0 spiro atoms. The number of nitro benzene ring substituents is 1. The van der Waals surface area contributed by atoms with E-state index in [0.717, 1.165) is 5.56 Å². The minimum atomic E-state index is -1.10. The summed E-state index contributed by atoms with van der Waals surface area (Å²) < 4.78 is 23.0. The van der Waals surface area contributed by atoms with Gasteiger partial charge in [-0.25, -0.2) is 8.91 Å². The number of alkyl halides is 1. The van der Waals surface area contributed by atoms with Gasteiger partial charge in [0.15, 0.2) is 6.10 Å². The molecule has 3 heterocycles. The van der Waals surface area contributed by atoms with E-state index in [9.17, 15) is 19.8 Å². The number of benzene rings is 1. The second kappa shape index (κ2) is 7.63. The lowest BCUT2D eigenvalue weighted by Crippen LogP contribution is -2.11. The highest BCUT2D eigenvalue weighted by molar-refractivity contribution is 5.75. The molecule has 0 bridgehead atoms. The molecule has 9 nitrogen and oxygen atoms in total. The fourth-order valence-electron chi connectivity index (χ4n) is 3.16. The van der Waals surface area contributed by atoms with Crippen molar-refractivity contribution in [2.24, 2.45) is 7.05 Å². The van der Waals surface area contributed by atoms with Crippen LogP contribution in [0.2, 0.25) is 0 Å². The summed E-state index contributed by atoms with van der Waals surface area (Å²) in [6.07, 6.45) is 5.48. The average Bonchev–Trinajstić information content (AvgIpc) is 3.37. The van der Waals surface area contributed by atoms with Gasteiger partial charge in [-0.05, 0) is 6.07 Å². The molecule has 0 saturated carbocycles. The molecule has 4 rings (SSSR count). The zero-order valence-corrected chi connectivity index (χ0v) is 15.8. The first-order valence-electron chi connectivity index (χ1n) is 8.87. The summed E-state index contributed by atoms with van der Waals surface area (Å²) in [4.78, 5) is 10.5. The van der Waals surface area contributed by atoms with E-state index >= 15 is 0 Å². The van der Waals surface area contributed by atoms with Crippen LogP contribution in [0, 0.1) is 21.4 Å². The molecule has 0 saturated heterocycles. The summed E-state index contributed by atoms with van der Waals surface area (Å²) in [7, 11) is 1.78. The van der Waals surface area contributed by atoms with Crippen molar-refractivity contribution >= 4 is 11.2 Å². The lowest BCUT2D eigenvalue weighted by Gasteiger charge is -2.18. The zero-order chi connectivity index (χ0) is 21.3. The van der Waals surface area contributed by atoms with Gasteiger partial charge in [0.1, 0.15) is 29.6 Å². The first-order valence-corrected chi connectivity index (χ1v) is 8.87. The number of aromatic nitrogens is 4. The molecule has 1 aromatic carbocycles. The maximum absolute atomic E-state index is 13.9. The molecule has 0 aliphatic heterocycles. The van der Waals surface area contributed by atoms with Crippen molar-refractivity contribution in [3.63, 3.8) is 0 Å². The quantitative estimate of drug-likeness (QED) is 0.357. The van der Waals surface area contributed by atoms with Gasteiger partial charge in [0.2, 0.25) is 0 Å². The predicted molar refractivity (Wildman–Crippen MR) is 105 cm³/mol. The molecule has 0 aliphatic carbocycles. The van der Waals surface area contributed by atoms with Gasteiger partial charge >= 0.3 is 0 Å². The van der Waals surface area contributed by atoms with Crippen LogP contribution in [-0.4, -0.2) is 31.0 Å². The van der Waals surface area contributed by atoms with Crippen LogP contribution < -0.4 is 4.74 Å². The number of ether oxygens (including phenoxy) is 1. The summed E-state index contributed by atoms with van der Waals surface area (Å²) >= 11 is 0. The Labute approximate surface area is 169 Å². The third kappa shape index (κ3) is 3.44. The Morgan fingerprint density at radius 2 is 2.10 bits per heavy atom. The smallest absolute Gasteiger partial charge is 0.269 e. The number of hydrogen-bond donors (Lipinski definition) is 0. The molecule has 0 fully saturated rings. The standard InChI is InChI=1S/C20H15FN6O3/c1-25-11-16(10-23-25)14-6-18(20-15(8-22)9-24-26(20)12-14)30-19(7-21)13-3-2-4-17(5-13)27(28)29/h2-6,9-12,19H,7H2,1H3/t19-/m1/s1. The largest absolute Gasteiger partial charge is 0.481 e. The monoisotopic (exact) mass is 406 g/mol. The van der Waals surface area contributed by atoms with Crippen LogP contribution in [-0.2, 0) is 7.05 Å². The minimum Gasteiger partial charge on any atom is -0.481 e. The summed E-state index contributed by atoms with van der Waals surface area (Å²) in [6.45, 7) is -0.916. The topological polar surface area (TPSA) is 111 Å². The third-order valence-corrected chi connectivity index (χ3v) is 4.60. The number of pyridine rings is 1. The van der Waals surface area contributed by atoms with Gasteiger partial charge in [0, 0.05) is 48.3 Å². The normalized spacial score (nSPS) is 11.9. The lowest BCUT2D eigenvalue weighted by molar-refractivity contribution is -0.385. The highest BCUT2D eigenvalue weighted by atomic mass is 19.1. The molecular weight excluding hydrogens is 391 g/mol. The van der Waals surface area contributed by atoms with E-state index in [2.05, 4.69) is 10.2 Å². The van der Waals surface area contributed by atoms with Crippen LogP contribution in [0.4, 0.5) is 10.1 Å². The van der Waals surface area contributed by atoms with E-state index < -0.39 is 17.7 Å². The Kier molecular flexibility index (Phi) is 4.85. The van der Waals surface area contributed by atoms with Crippen molar-refractivity contribution in [3.05, 3.63) is 76.4 Å². The van der Waals surface area contributed by atoms with Gasteiger partial charge in [-0.1, -0.05) is 12.1 Å². The van der Waals surface area contributed by atoms with Crippen molar-refractivity contribution in [3.8, 4) is 22.9 Å². The average molecular weight is 406 g/mol. The van der Waals surface area contributed by atoms with E-state index in [1.165, 1.54) is 28.9 Å². The van der Waals surface area contributed by atoms with Gasteiger partial charge in [-0.2, -0.15) is 15.5 Å². The van der Waals surface area contributed by atoms with E-state index in [-0.39, 0.29) is 17.0 Å². The molecule has 10 heteroatoms. The molecule has 4 aromatic rings. The van der Waals surface area contributed by atoms with Gasteiger partial charge in [-0.3, -0.25) is 14.8 Å². The Morgan fingerprint density at radius 3 is 2.77 bits per heavy atom. The Hall–Kier alpha value is -4.26. The molecule has 0 amide bonds. The van der Waals surface area contributed by atoms with Crippen LogP contribution in [0.1, 0.15) is 17.2 Å². The van der Waals surface area contributed by atoms with Gasteiger partial charge < -0.3 is 4.74 Å². The second-order valence-corrected chi connectivity index (χ2v) is 6.57. The molecular formula is C20H15FN6O3. The van der Waals surface area contributed by atoms with Crippen LogP contribution in [0.25, 0.3) is 16.6 Å². The summed E-state index contributed by atoms with van der Waals surface area (Å²) in [5.41, 5.74) is 2.29. The Morgan fingerprint density at radius 1 is 1.27 bits per heavy atom. The summed E-state index contributed by atoms with van der Waals surface area (Å²) in [5, 5.41) is 28.8. The number of fused-ring (bicyclic) bond motifs is 1.